The molecular formula is C13H20N2O4S. The van der Waals surface area contributed by atoms with Crippen LogP contribution in [0.4, 0.5) is 0 Å². The van der Waals surface area contributed by atoms with Crippen LogP contribution in [0.3, 0.4) is 0 Å². The molecule has 1 aromatic rings. The van der Waals surface area contributed by atoms with Crippen molar-refractivity contribution in [3.05, 3.63) is 17.7 Å². The summed E-state index contributed by atoms with van der Waals surface area (Å²) in [6, 6.07) is 3.08. The Labute approximate surface area is 119 Å². The predicted octanol–water partition coefficient (Wildman–Crippen LogP) is 0.734. The molecule has 0 unspecified atom stereocenters. The topological polar surface area (TPSA) is 81.9 Å². The standard InChI is InChI=1S/C13H20N2O4S/c1-9-6-11(18-2)12(19-3)7-13(9)20(16,17)15-5-4-10(14)8-15/h6-7,10H,4-5,8,14H2,1-3H3/t10-/m0/s1. The van der Waals surface area contributed by atoms with Gasteiger partial charge in [-0.15, -0.1) is 0 Å². The van der Waals surface area contributed by atoms with Gasteiger partial charge in [-0.25, -0.2) is 8.42 Å². The fourth-order valence-electron chi connectivity index (χ4n) is 2.35. The average molecular weight is 300 g/mol. The monoisotopic (exact) mass is 300 g/mol. The third-order valence-electron chi connectivity index (χ3n) is 3.49. The van der Waals surface area contributed by atoms with Crippen LogP contribution in [0, 0.1) is 6.92 Å². The number of methoxy groups -OCH3 is 2. The number of hydrogen-bond acceptors (Lipinski definition) is 5. The Hall–Kier alpha value is -1.31. The van der Waals surface area contributed by atoms with Crippen molar-refractivity contribution in [2.75, 3.05) is 27.3 Å². The lowest BCUT2D eigenvalue weighted by molar-refractivity contribution is 0.353. The van der Waals surface area contributed by atoms with Crippen molar-refractivity contribution in [3.63, 3.8) is 0 Å². The van der Waals surface area contributed by atoms with Gasteiger partial charge in [0, 0.05) is 25.2 Å². The Morgan fingerprint density at radius 3 is 2.35 bits per heavy atom. The molecule has 112 valence electrons. The number of rotatable bonds is 4. The van der Waals surface area contributed by atoms with E-state index in [0.717, 1.165) is 0 Å². The second-order valence-electron chi connectivity index (χ2n) is 4.88. The summed E-state index contributed by atoms with van der Waals surface area (Å²) in [5, 5.41) is 0. The molecule has 0 radical (unpaired) electrons. The van der Waals surface area contributed by atoms with E-state index in [-0.39, 0.29) is 10.9 Å². The first kappa shape index (κ1) is 15.1. The average Bonchev–Trinajstić information content (AvgIpc) is 2.85. The Morgan fingerprint density at radius 2 is 1.85 bits per heavy atom. The maximum absolute atomic E-state index is 12.6. The van der Waals surface area contributed by atoms with Crippen molar-refractivity contribution in [2.24, 2.45) is 5.73 Å². The molecule has 0 aliphatic carbocycles. The summed E-state index contributed by atoms with van der Waals surface area (Å²) in [6.07, 6.45) is 0.686. The molecule has 1 aromatic carbocycles. The third-order valence-corrected chi connectivity index (χ3v) is 5.49. The SMILES string of the molecule is COc1cc(C)c(S(=O)(=O)N2CC[C@H](N)C2)cc1OC. The van der Waals surface area contributed by atoms with Gasteiger partial charge in [-0.05, 0) is 25.0 Å². The maximum atomic E-state index is 12.6. The minimum atomic E-state index is -3.54. The Kier molecular flexibility index (Phi) is 4.22. The van der Waals surface area contributed by atoms with Crippen molar-refractivity contribution in [2.45, 2.75) is 24.3 Å². The molecule has 6 nitrogen and oxygen atoms in total. The van der Waals surface area contributed by atoms with E-state index in [0.29, 0.717) is 36.6 Å². The second-order valence-corrected chi connectivity index (χ2v) is 6.79. The Bertz CT molecular complexity index is 601. The second kappa shape index (κ2) is 5.59. The third kappa shape index (κ3) is 2.61. The maximum Gasteiger partial charge on any atom is 0.243 e. The summed E-state index contributed by atoms with van der Waals surface area (Å²) in [7, 11) is -0.542. The molecule has 1 fully saturated rings. The van der Waals surface area contributed by atoms with Crippen LogP contribution in [0.5, 0.6) is 11.5 Å². The van der Waals surface area contributed by atoms with E-state index >= 15 is 0 Å². The van der Waals surface area contributed by atoms with Crippen molar-refractivity contribution >= 4 is 10.0 Å². The zero-order valence-corrected chi connectivity index (χ0v) is 12.7. The fourth-order valence-corrected chi connectivity index (χ4v) is 4.08. The lowest BCUT2D eigenvalue weighted by Crippen LogP contribution is -2.32. The number of hydrogen-bond donors (Lipinski definition) is 1. The van der Waals surface area contributed by atoms with E-state index in [1.807, 2.05) is 0 Å². The van der Waals surface area contributed by atoms with Gasteiger partial charge in [0.25, 0.3) is 0 Å². The molecule has 0 bridgehead atoms. The highest BCUT2D eigenvalue weighted by molar-refractivity contribution is 7.89. The summed E-state index contributed by atoms with van der Waals surface area (Å²) < 4.78 is 37.1. The molecule has 2 N–H and O–H groups in total. The first-order valence-electron chi connectivity index (χ1n) is 6.38. The highest BCUT2D eigenvalue weighted by Gasteiger charge is 2.32. The van der Waals surface area contributed by atoms with Gasteiger partial charge < -0.3 is 15.2 Å². The van der Waals surface area contributed by atoms with Gasteiger partial charge in [-0.2, -0.15) is 4.31 Å². The van der Waals surface area contributed by atoms with Gasteiger partial charge in [0.05, 0.1) is 19.1 Å². The molecule has 20 heavy (non-hydrogen) atoms. The van der Waals surface area contributed by atoms with E-state index in [4.69, 9.17) is 15.2 Å². The zero-order valence-electron chi connectivity index (χ0n) is 11.9. The molecule has 0 aromatic heterocycles. The molecule has 1 aliphatic rings. The molecular weight excluding hydrogens is 280 g/mol. The van der Waals surface area contributed by atoms with Gasteiger partial charge in [-0.3, -0.25) is 0 Å². The lowest BCUT2D eigenvalue weighted by Gasteiger charge is -2.19. The Morgan fingerprint density at radius 1 is 1.25 bits per heavy atom. The highest BCUT2D eigenvalue weighted by Crippen LogP contribution is 2.34. The lowest BCUT2D eigenvalue weighted by atomic mass is 10.2. The van der Waals surface area contributed by atoms with Crippen LogP contribution in [0.2, 0.25) is 0 Å². The van der Waals surface area contributed by atoms with Gasteiger partial charge in [0.1, 0.15) is 0 Å². The summed E-state index contributed by atoms with van der Waals surface area (Å²) in [6.45, 7) is 2.55. The molecule has 2 rings (SSSR count). The van der Waals surface area contributed by atoms with Crippen molar-refractivity contribution in [1.82, 2.24) is 4.31 Å². The molecule has 0 saturated carbocycles. The van der Waals surface area contributed by atoms with Crippen LogP contribution in [0.15, 0.2) is 17.0 Å². The molecule has 1 heterocycles. The van der Waals surface area contributed by atoms with E-state index in [9.17, 15) is 8.42 Å². The minimum absolute atomic E-state index is 0.0924. The summed E-state index contributed by atoms with van der Waals surface area (Å²) in [4.78, 5) is 0.240. The van der Waals surface area contributed by atoms with Crippen molar-refractivity contribution in [1.29, 1.82) is 0 Å². The molecule has 0 amide bonds. The van der Waals surface area contributed by atoms with E-state index < -0.39 is 10.0 Å². The van der Waals surface area contributed by atoms with Gasteiger partial charge in [-0.1, -0.05) is 0 Å². The number of nitrogens with zero attached hydrogens (tertiary/aromatic N) is 1. The van der Waals surface area contributed by atoms with E-state index in [2.05, 4.69) is 0 Å². The van der Waals surface area contributed by atoms with Gasteiger partial charge in [0.2, 0.25) is 10.0 Å². The quantitative estimate of drug-likeness (QED) is 0.886. The number of ether oxygens (including phenoxy) is 2. The first-order chi connectivity index (χ1) is 9.40. The summed E-state index contributed by atoms with van der Waals surface area (Å²) >= 11 is 0. The van der Waals surface area contributed by atoms with Crippen molar-refractivity contribution in [3.8, 4) is 11.5 Å². The van der Waals surface area contributed by atoms with Crippen LogP contribution in [-0.4, -0.2) is 46.1 Å². The highest BCUT2D eigenvalue weighted by atomic mass is 32.2. The number of nitrogens with two attached hydrogens (primary N) is 1. The predicted molar refractivity (Wildman–Crippen MR) is 75.6 cm³/mol. The summed E-state index contributed by atoms with van der Waals surface area (Å²) in [5.74, 6) is 0.919. The largest absolute Gasteiger partial charge is 0.493 e. The van der Waals surface area contributed by atoms with Crippen LogP contribution in [0.1, 0.15) is 12.0 Å². The molecule has 7 heteroatoms. The first-order valence-corrected chi connectivity index (χ1v) is 7.82. The molecule has 0 spiro atoms. The van der Waals surface area contributed by atoms with Crippen molar-refractivity contribution < 1.29 is 17.9 Å². The summed E-state index contributed by atoms with van der Waals surface area (Å²) in [5.41, 5.74) is 6.42. The van der Waals surface area contributed by atoms with Gasteiger partial charge >= 0.3 is 0 Å². The van der Waals surface area contributed by atoms with E-state index in [1.54, 1.807) is 13.0 Å². The zero-order chi connectivity index (χ0) is 14.9. The number of benzene rings is 1. The van der Waals surface area contributed by atoms with Crippen LogP contribution < -0.4 is 15.2 Å². The number of sulfonamides is 1. The minimum Gasteiger partial charge on any atom is -0.493 e. The molecule has 1 aliphatic heterocycles. The van der Waals surface area contributed by atoms with Crippen LogP contribution in [-0.2, 0) is 10.0 Å². The van der Waals surface area contributed by atoms with Crippen LogP contribution in [0.25, 0.3) is 0 Å². The molecule has 1 saturated heterocycles. The molecule has 1 atom stereocenters. The Balaban J connectivity index is 2.46. The normalized spacial score (nSPS) is 20.1. The smallest absolute Gasteiger partial charge is 0.243 e. The van der Waals surface area contributed by atoms with Gasteiger partial charge in [0.15, 0.2) is 11.5 Å². The fraction of sp³-hybridized carbons (Fsp3) is 0.538. The van der Waals surface area contributed by atoms with E-state index in [1.165, 1.54) is 24.6 Å². The number of aryl methyl sites for hydroxylation is 1. The van der Waals surface area contributed by atoms with Crippen LogP contribution >= 0.6 is 0 Å².